The van der Waals surface area contributed by atoms with Crippen LogP contribution < -0.4 is 0 Å². The molecule has 0 aliphatic rings. The molecule has 0 aromatic carbocycles. The van der Waals surface area contributed by atoms with Crippen LogP contribution in [0.2, 0.25) is 4.34 Å². The lowest BCUT2D eigenvalue weighted by Crippen LogP contribution is -1.88. The van der Waals surface area contributed by atoms with E-state index in [1.807, 2.05) is 19.9 Å². The Kier molecular flexibility index (Phi) is 3.24. The minimum atomic E-state index is 0.174. The van der Waals surface area contributed by atoms with Crippen molar-refractivity contribution in [2.75, 3.05) is 0 Å². The summed E-state index contributed by atoms with van der Waals surface area (Å²) in [6.07, 6.45) is 1.71. The van der Waals surface area contributed by atoms with Gasteiger partial charge in [-0.05, 0) is 31.5 Å². The molecule has 2 rings (SSSR count). The number of hydrogen-bond donors (Lipinski definition) is 0. The highest BCUT2D eigenvalue weighted by atomic mass is 79.9. The highest BCUT2D eigenvalue weighted by Crippen LogP contribution is 2.40. The molecule has 0 aliphatic heterocycles. The molecule has 0 amide bonds. The number of halogens is 2. The zero-order chi connectivity index (χ0) is 11.0. The first-order valence-electron chi connectivity index (χ1n) is 4.53. The monoisotopic (exact) mass is 304 g/mol. The quantitative estimate of drug-likeness (QED) is 0.704. The molecule has 0 aliphatic carbocycles. The van der Waals surface area contributed by atoms with Gasteiger partial charge in [0.1, 0.15) is 5.76 Å². The minimum Gasteiger partial charge on any atom is -0.469 e. The summed E-state index contributed by atoms with van der Waals surface area (Å²) in [5.74, 6) is 0.944. The van der Waals surface area contributed by atoms with Crippen molar-refractivity contribution in [2.24, 2.45) is 0 Å². The molecule has 2 aromatic heterocycles. The van der Waals surface area contributed by atoms with Crippen molar-refractivity contribution < 1.29 is 4.42 Å². The van der Waals surface area contributed by atoms with Crippen molar-refractivity contribution in [1.82, 2.24) is 0 Å². The first kappa shape index (κ1) is 11.2. The first-order chi connectivity index (χ1) is 7.09. The fourth-order valence-electron chi connectivity index (χ4n) is 1.42. The average Bonchev–Trinajstić information content (AvgIpc) is 2.74. The van der Waals surface area contributed by atoms with Gasteiger partial charge in [0.2, 0.25) is 0 Å². The third-order valence-corrected chi connectivity index (χ3v) is 5.21. The van der Waals surface area contributed by atoms with Crippen molar-refractivity contribution in [1.29, 1.82) is 0 Å². The fourth-order valence-corrected chi connectivity index (χ4v) is 3.52. The molecule has 0 saturated carbocycles. The lowest BCUT2D eigenvalue weighted by Gasteiger charge is -2.05. The Labute approximate surface area is 106 Å². The predicted molar refractivity (Wildman–Crippen MR) is 68.3 cm³/mol. The largest absolute Gasteiger partial charge is 0.469 e. The van der Waals surface area contributed by atoms with Crippen LogP contribution in [0.15, 0.2) is 22.8 Å². The van der Waals surface area contributed by atoms with E-state index in [1.165, 1.54) is 4.88 Å². The van der Waals surface area contributed by atoms with Gasteiger partial charge in [0, 0.05) is 10.4 Å². The molecular weight excluding hydrogens is 296 g/mol. The van der Waals surface area contributed by atoms with E-state index in [-0.39, 0.29) is 4.83 Å². The summed E-state index contributed by atoms with van der Waals surface area (Å²) in [5.41, 5.74) is 2.29. The van der Waals surface area contributed by atoms with E-state index in [0.29, 0.717) is 0 Å². The van der Waals surface area contributed by atoms with Crippen molar-refractivity contribution in [3.8, 4) is 0 Å². The van der Waals surface area contributed by atoms with Gasteiger partial charge in [0.05, 0.1) is 15.4 Å². The molecule has 0 bridgehead atoms. The Morgan fingerprint density at radius 1 is 1.47 bits per heavy atom. The van der Waals surface area contributed by atoms with E-state index in [2.05, 4.69) is 22.0 Å². The summed E-state index contributed by atoms with van der Waals surface area (Å²) in [6.45, 7) is 3.98. The smallest absolute Gasteiger partial charge is 0.105 e. The zero-order valence-corrected chi connectivity index (χ0v) is 11.5. The fraction of sp³-hybridized carbons (Fsp3) is 0.273. The van der Waals surface area contributed by atoms with Crippen LogP contribution in [0.5, 0.6) is 0 Å². The molecule has 1 atom stereocenters. The molecule has 4 heteroatoms. The Hall–Kier alpha value is -0.250. The molecule has 0 fully saturated rings. The maximum atomic E-state index is 6.05. The van der Waals surface area contributed by atoms with E-state index < -0.39 is 0 Å². The maximum absolute atomic E-state index is 6.05. The van der Waals surface area contributed by atoms with Crippen molar-refractivity contribution in [2.45, 2.75) is 18.7 Å². The summed E-state index contributed by atoms with van der Waals surface area (Å²) in [4.78, 5) is 1.38. The molecule has 0 N–H and O–H groups in total. The normalized spacial score (nSPS) is 13.1. The Morgan fingerprint density at radius 3 is 2.67 bits per heavy atom. The van der Waals surface area contributed by atoms with Gasteiger partial charge in [0.25, 0.3) is 0 Å². The highest BCUT2D eigenvalue weighted by Gasteiger charge is 2.17. The lowest BCUT2D eigenvalue weighted by molar-refractivity contribution is 0.530. The molecule has 0 radical (unpaired) electrons. The summed E-state index contributed by atoms with van der Waals surface area (Å²) in [7, 11) is 0. The molecular formula is C11H10BrClOS. The van der Waals surface area contributed by atoms with E-state index in [4.69, 9.17) is 16.0 Å². The van der Waals surface area contributed by atoms with Gasteiger partial charge in [-0.25, -0.2) is 0 Å². The number of thiophene rings is 1. The van der Waals surface area contributed by atoms with Gasteiger partial charge in [-0.15, -0.1) is 11.3 Å². The second-order valence-electron chi connectivity index (χ2n) is 3.40. The second-order valence-corrected chi connectivity index (χ2v) is 6.00. The van der Waals surface area contributed by atoms with E-state index in [0.717, 1.165) is 21.2 Å². The maximum Gasteiger partial charge on any atom is 0.105 e. The molecule has 2 heterocycles. The van der Waals surface area contributed by atoms with Gasteiger partial charge in [-0.1, -0.05) is 27.5 Å². The topological polar surface area (TPSA) is 13.1 Å². The van der Waals surface area contributed by atoms with Crippen LogP contribution in [0.4, 0.5) is 0 Å². The van der Waals surface area contributed by atoms with Gasteiger partial charge in [-0.2, -0.15) is 0 Å². The van der Waals surface area contributed by atoms with Gasteiger partial charge in [-0.3, -0.25) is 0 Å². The van der Waals surface area contributed by atoms with E-state index >= 15 is 0 Å². The number of aryl methyl sites for hydroxylation is 2. The highest BCUT2D eigenvalue weighted by molar-refractivity contribution is 9.09. The summed E-state index contributed by atoms with van der Waals surface area (Å²) >= 11 is 11.3. The van der Waals surface area contributed by atoms with Crippen LogP contribution in [0, 0.1) is 13.8 Å². The molecule has 15 heavy (non-hydrogen) atoms. The van der Waals surface area contributed by atoms with Crippen LogP contribution in [0.1, 0.15) is 26.6 Å². The molecule has 2 aromatic rings. The third-order valence-electron chi connectivity index (χ3n) is 2.30. The summed E-state index contributed by atoms with van der Waals surface area (Å²) < 4.78 is 6.14. The van der Waals surface area contributed by atoms with Crippen molar-refractivity contribution >= 4 is 38.9 Å². The first-order valence-corrected chi connectivity index (χ1v) is 6.64. The second kappa shape index (κ2) is 4.32. The summed E-state index contributed by atoms with van der Waals surface area (Å²) in [6, 6.07) is 4.09. The molecule has 1 nitrogen and oxygen atoms in total. The average molecular weight is 306 g/mol. The van der Waals surface area contributed by atoms with Crippen LogP contribution in [0.25, 0.3) is 0 Å². The van der Waals surface area contributed by atoms with E-state index in [1.54, 1.807) is 17.6 Å². The predicted octanol–water partition coefficient (Wildman–Crippen LogP) is 5.10. The van der Waals surface area contributed by atoms with Crippen LogP contribution in [-0.2, 0) is 0 Å². The van der Waals surface area contributed by atoms with Crippen LogP contribution in [-0.4, -0.2) is 0 Å². The summed E-state index contributed by atoms with van der Waals surface area (Å²) in [5, 5.41) is 0. The standard InChI is InChI=1S/C11H10BrClOS/c1-6-5-9(15-11(6)13)10(12)8-3-4-14-7(8)2/h3-5,10H,1-2H3. The minimum absolute atomic E-state index is 0.174. The molecule has 0 saturated heterocycles. The molecule has 0 spiro atoms. The van der Waals surface area contributed by atoms with Gasteiger partial charge >= 0.3 is 0 Å². The number of rotatable bonds is 2. The lowest BCUT2D eigenvalue weighted by atomic mass is 10.1. The molecule has 1 unspecified atom stereocenters. The van der Waals surface area contributed by atoms with E-state index in [9.17, 15) is 0 Å². The van der Waals surface area contributed by atoms with Crippen LogP contribution >= 0.6 is 38.9 Å². The third kappa shape index (κ3) is 2.14. The number of alkyl halides is 1. The molecule has 80 valence electrons. The van der Waals surface area contributed by atoms with Gasteiger partial charge < -0.3 is 4.42 Å². The number of furan rings is 1. The van der Waals surface area contributed by atoms with Crippen molar-refractivity contribution in [3.63, 3.8) is 0 Å². The Bertz CT molecular complexity index is 455. The van der Waals surface area contributed by atoms with Gasteiger partial charge in [0.15, 0.2) is 0 Å². The van der Waals surface area contributed by atoms with Crippen molar-refractivity contribution in [3.05, 3.63) is 44.5 Å². The zero-order valence-electron chi connectivity index (χ0n) is 8.38. The number of hydrogen-bond acceptors (Lipinski definition) is 2. The van der Waals surface area contributed by atoms with Crippen LogP contribution in [0.3, 0.4) is 0 Å². The SMILES string of the molecule is Cc1cc(C(Br)c2ccoc2C)sc1Cl. The Balaban J connectivity index is 2.36. The Morgan fingerprint density at radius 2 is 2.20 bits per heavy atom.